The standard InChI is InChI=1S/C18H23N3OS/c1-15-14-23-17(19-15)13-20-9-11-21(12-10-20)18(22)8-7-16-5-3-2-4-6-16/h2-6,14H,7-13H2,1H3. The van der Waals surface area contributed by atoms with Gasteiger partial charge in [-0.3, -0.25) is 9.69 Å². The summed E-state index contributed by atoms with van der Waals surface area (Å²) >= 11 is 1.72. The van der Waals surface area contributed by atoms with Gasteiger partial charge in [0.15, 0.2) is 0 Å². The van der Waals surface area contributed by atoms with E-state index in [2.05, 4.69) is 27.4 Å². The molecule has 122 valence electrons. The van der Waals surface area contributed by atoms with Gasteiger partial charge in [-0.2, -0.15) is 0 Å². The number of thiazole rings is 1. The molecule has 4 nitrogen and oxygen atoms in total. The molecule has 0 saturated carbocycles. The van der Waals surface area contributed by atoms with Crippen LogP contribution in [0.2, 0.25) is 0 Å². The molecule has 0 N–H and O–H groups in total. The number of aromatic nitrogens is 1. The second-order valence-electron chi connectivity index (χ2n) is 6.03. The molecular weight excluding hydrogens is 306 g/mol. The van der Waals surface area contributed by atoms with Crippen LogP contribution in [0.1, 0.15) is 22.7 Å². The van der Waals surface area contributed by atoms with E-state index in [-0.39, 0.29) is 5.91 Å². The highest BCUT2D eigenvalue weighted by Crippen LogP contribution is 2.14. The molecule has 1 amide bonds. The Morgan fingerprint density at radius 2 is 1.91 bits per heavy atom. The molecule has 1 aromatic heterocycles. The van der Waals surface area contributed by atoms with Crippen molar-refractivity contribution in [2.24, 2.45) is 0 Å². The largest absolute Gasteiger partial charge is 0.340 e. The number of carbonyl (C=O) groups is 1. The Morgan fingerprint density at radius 1 is 1.17 bits per heavy atom. The Bertz CT molecular complexity index is 633. The highest BCUT2D eigenvalue weighted by Gasteiger charge is 2.21. The third-order valence-electron chi connectivity index (χ3n) is 4.22. The Labute approximate surface area is 141 Å². The minimum atomic E-state index is 0.276. The Hall–Kier alpha value is -1.72. The number of piperazine rings is 1. The van der Waals surface area contributed by atoms with Crippen LogP contribution in [0.5, 0.6) is 0 Å². The van der Waals surface area contributed by atoms with Crippen molar-refractivity contribution >= 4 is 17.2 Å². The lowest BCUT2D eigenvalue weighted by Gasteiger charge is -2.34. The normalized spacial score (nSPS) is 15.8. The van der Waals surface area contributed by atoms with Gasteiger partial charge in [-0.15, -0.1) is 11.3 Å². The third-order valence-corrected chi connectivity index (χ3v) is 5.17. The zero-order valence-corrected chi connectivity index (χ0v) is 14.4. The number of nitrogens with zero attached hydrogens (tertiary/aromatic N) is 3. The monoisotopic (exact) mass is 329 g/mol. The van der Waals surface area contributed by atoms with E-state index < -0.39 is 0 Å². The second kappa shape index (κ2) is 7.70. The van der Waals surface area contributed by atoms with Crippen molar-refractivity contribution in [1.82, 2.24) is 14.8 Å². The smallest absolute Gasteiger partial charge is 0.222 e. The molecule has 1 saturated heterocycles. The zero-order valence-electron chi connectivity index (χ0n) is 13.6. The molecular formula is C18H23N3OS. The fourth-order valence-corrected chi connectivity index (χ4v) is 3.69. The first kappa shape index (κ1) is 16.1. The summed E-state index contributed by atoms with van der Waals surface area (Å²) < 4.78 is 0. The quantitative estimate of drug-likeness (QED) is 0.846. The predicted octanol–water partition coefficient (Wildman–Crippen LogP) is 2.73. The average Bonchev–Trinajstić information content (AvgIpc) is 2.99. The van der Waals surface area contributed by atoms with E-state index in [1.165, 1.54) is 10.6 Å². The Kier molecular flexibility index (Phi) is 5.41. The summed E-state index contributed by atoms with van der Waals surface area (Å²) in [7, 11) is 0. The van der Waals surface area contributed by atoms with Crippen LogP contribution in [0, 0.1) is 6.92 Å². The van der Waals surface area contributed by atoms with Crippen molar-refractivity contribution in [3.05, 3.63) is 52.0 Å². The van der Waals surface area contributed by atoms with Crippen molar-refractivity contribution in [3.63, 3.8) is 0 Å². The van der Waals surface area contributed by atoms with Gasteiger partial charge in [0.25, 0.3) is 0 Å². The molecule has 0 bridgehead atoms. The summed E-state index contributed by atoms with van der Waals surface area (Å²) in [6.07, 6.45) is 1.44. The van der Waals surface area contributed by atoms with Crippen molar-refractivity contribution in [1.29, 1.82) is 0 Å². The van der Waals surface area contributed by atoms with Crippen molar-refractivity contribution in [2.45, 2.75) is 26.3 Å². The first-order valence-corrected chi connectivity index (χ1v) is 9.04. The fourth-order valence-electron chi connectivity index (χ4n) is 2.88. The van der Waals surface area contributed by atoms with Gasteiger partial charge in [0.05, 0.1) is 6.54 Å². The van der Waals surface area contributed by atoms with Gasteiger partial charge in [0.1, 0.15) is 5.01 Å². The van der Waals surface area contributed by atoms with E-state index in [0.29, 0.717) is 6.42 Å². The lowest BCUT2D eigenvalue weighted by atomic mass is 10.1. The number of aryl methyl sites for hydroxylation is 2. The van der Waals surface area contributed by atoms with Crippen molar-refractivity contribution < 1.29 is 4.79 Å². The summed E-state index contributed by atoms with van der Waals surface area (Å²) in [5.74, 6) is 0.276. The minimum absolute atomic E-state index is 0.276. The first-order chi connectivity index (χ1) is 11.2. The van der Waals surface area contributed by atoms with Crippen molar-refractivity contribution in [2.75, 3.05) is 26.2 Å². The SMILES string of the molecule is Cc1csc(CN2CCN(C(=O)CCc3ccccc3)CC2)n1. The van der Waals surface area contributed by atoms with Crippen LogP contribution in [-0.4, -0.2) is 46.9 Å². The highest BCUT2D eigenvalue weighted by molar-refractivity contribution is 7.09. The Morgan fingerprint density at radius 3 is 2.57 bits per heavy atom. The van der Waals surface area contributed by atoms with Crippen molar-refractivity contribution in [3.8, 4) is 0 Å². The van der Waals surface area contributed by atoms with Crippen LogP contribution >= 0.6 is 11.3 Å². The lowest BCUT2D eigenvalue weighted by molar-refractivity contribution is -0.133. The van der Waals surface area contributed by atoms with Crippen LogP contribution in [0.25, 0.3) is 0 Å². The summed E-state index contributed by atoms with van der Waals surface area (Å²) in [4.78, 5) is 21.2. The molecule has 2 aromatic rings. The van der Waals surface area contributed by atoms with Crippen LogP contribution in [0.15, 0.2) is 35.7 Å². The summed E-state index contributed by atoms with van der Waals surface area (Å²) in [5.41, 5.74) is 2.33. The van der Waals surface area contributed by atoms with Gasteiger partial charge in [0, 0.05) is 43.7 Å². The van der Waals surface area contributed by atoms with Crippen LogP contribution in [-0.2, 0) is 17.8 Å². The molecule has 0 radical (unpaired) electrons. The maximum atomic E-state index is 12.3. The molecule has 0 aliphatic carbocycles. The number of amides is 1. The number of carbonyl (C=O) groups excluding carboxylic acids is 1. The van der Waals surface area contributed by atoms with Gasteiger partial charge in [-0.1, -0.05) is 30.3 Å². The zero-order chi connectivity index (χ0) is 16.1. The third kappa shape index (κ3) is 4.62. The molecule has 1 aliphatic heterocycles. The molecule has 23 heavy (non-hydrogen) atoms. The second-order valence-corrected chi connectivity index (χ2v) is 6.97. The van der Waals surface area contributed by atoms with Gasteiger partial charge < -0.3 is 4.90 Å². The molecule has 1 aromatic carbocycles. The number of rotatable bonds is 5. The molecule has 1 fully saturated rings. The molecule has 0 spiro atoms. The summed E-state index contributed by atoms with van der Waals surface area (Å²) in [6, 6.07) is 10.2. The summed E-state index contributed by atoms with van der Waals surface area (Å²) in [6.45, 7) is 6.48. The topological polar surface area (TPSA) is 36.4 Å². The minimum Gasteiger partial charge on any atom is -0.340 e. The Balaban J connectivity index is 1.42. The average molecular weight is 329 g/mol. The highest BCUT2D eigenvalue weighted by atomic mass is 32.1. The molecule has 0 atom stereocenters. The van der Waals surface area contributed by atoms with E-state index in [1.807, 2.05) is 30.0 Å². The van der Waals surface area contributed by atoms with Crippen LogP contribution in [0.4, 0.5) is 0 Å². The first-order valence-electron chi connectivity index (χ1n) is 8.16. The maximum absolute atomic E-state index is 12.3. The fraction of sp³-hybridized carbons (Fsp3) is 0.444. The molecule has 1 aliphatic rings. The van der Waals surface area contributed by atoms with E-state index in [0.717, 1.165) is 44.8 Å². The van der Waals surface area contributed by atoms with E-state index in [9.17, 15) is 4.79 Å². The predicted molar refractivity (Wildman–Crippen MR) is 93.5 cm³/mol. The maximum Gasteiger partial charge on any atom is 0.222 e. The summed E-state index contributed by atoms with van der Waals surface area (Å²) in [5, 5.41) is 3.27. The van der Waals surface area contributed by atoms with Gasteiger partial charge in [-0.25, -0.2) is 4.98 Å². The number of hydrogen-bond donors (Lipinski definition) is 0. The molecule has 0 unspecified atom stereocenters. The van der Waals surface area contributed by atoms with Gasteiger partial charge in [0.2, 0.25) is 5.91 Å². The molecule has 2 heterocycles. The van der Waals surface area contributed by atoms with Crippen LogP contribution < -0.4 is 0 Å². The van der Waals surface area contributed by atoms with E-state index in [4.69, 9.17) is 0 Å². The number of benzene rings is 1. The van der Waals surface area contributed by atoms with E-state index >= 15 is 0 Å². The van der Waals surface area contributed by atoms with Gasteiger partial charge >= 0.3 is 0 Å². The van der Waals surface area contributed by atoms with Crippen LogP contribution in [0.3, 0.4) is 0 Å². The number of hydrogen-bond acceptors (Lipinski definition) is 4. The molecule has 5 heteroatoms. The molecule has 3 rings (SSSR count). The van der Waals surface area contributed by atoms with E-state index in [1.54, 1.807) is 11.3 Å². The lowest BCUT2D eigenvalue weighted by Crippen LogP contribution is -2.48. The van der Waals surface area contributed by atoms with Gasteiger partial charge in [-0.05, 0) is 18.9 Å².